The summed E-state index contributed by atoms with van der Waals surface area (Å²) in [5.41, 5.74) is 3.26. The van der Waals surface area contributed by atoms with Gasteiger partial charge in [0.25, 0.3) is 0 Å². The molecule has 1 saturated heterocycles. The quantitative estimate of drug-likeness (QED) is 0.907. The van der Waals surface area contributed by atoms with Crippen LogP contribution in [0, 0.1) is 19.7 Å². The summed E-state index contributed by atoms with van der Waals surface area (Å²) in [5, 5.41) is 3.66. The molecule has 0 bridgehead atoms. The number of anilines is 1. The van der Waals surface area contributed by atoms with Gasteiger partial charge in [0.1, 0.15) is 11.6 Å². The van der Waals surface area contributed by atoms with Gasteiger partial charge in [-0.2, -0.15) is 0 Å². The molecule has 23 heavy (non-hydrogen) atoms. The Bertz CT molecular complexity index is 659. The first-order valence-electron chi connectivity index (χ1n) is 8.31. The molecule has 1 aromatic heterocycles. The van der Waals surface area contributed by atoms with E-state index in [1.54, 1.807) is 12.1 Å². The molecule has 4 nitrogen and oxygen atoms in total. The smallest absolute Gasteiger partial charge is 0.123 e. The van der Waals surface area contributed by atoms with Gasteiger partial charge in [0.15, 0.2) is 0 Å². The van der Waals surface area contributed by atoms with Crippen LogP contribution in [0.4, 0.5) is 10.1 Å². The Morgan fingerprint density at radius 3 is 2.65 bits per heavy atom. The molecule has 1 aliphatic rings. The summed E-state index contributed by atoms with van der Waals surface area (Å²) in [7, 11) is 0. The molecule has 1 fully saturated rings. The fraction of sp³-hybridized carbons (Fsp3) is 0.500. The molecule has 1 aliphatic heterocycles. The minimum Gasteiger partial charge on any atom is -0.371 e. The van der Waals surface area contributed by atoms with Gasteiger partial charge in [-0.15, -0.1) is 0 Å². The second kappa shape index (κ2) is 6.71. The molecular weight excluding hydrogens is 291 g/mol. The summed E-state index contributed by atoms with van der Waals surface area (Å²) in [5.74, 6) is 0.838. The highest BCUT2D eigenvalue weighted by Crippen LogP contribution is 2.25. The molecule has 3 rings (SSSR count). The third-order valence-electron chi connectivity index (χ3n) is 4.61. The van der Waals surface area contributed by atoms with Gasteiger partial charge in [-0.25, -0.2) is 9.37 Å². The molecule has 5 heteroatoms. The van der Waals surface area contributed by atoms with Crippen molar-refractivity contribution in [3.63, 3.8) is 0 Å². The van der Waals surface area contributed by atoms with Gasteiger partial charge in [-0.05, 0) is 57.4 Å². The van der Waals surface area contributed by atoms with Crippen molar-refractivity contribution in [3.8, 4) is 0 Å². The van der Waals surface area contributed by atoms with Crippen LogP contribution in [0.15, 0.2) is 24.4 Å². The maximum atomic E-state index is 13.2. The van der Waals surface area contributed by atoms with Crippen LogP contribution < -0.4 is 10.2 Å². The minimum absolute atomic E-state index is 0.162. The van der Waals surface area contributed by atoms with E-state index in [1.165, 1.54) is 0 Å². The van der Waals surface area contributed by atoms with Gasteiger partial charge in [0.2, 0.25) is 0 Å². The third-order valence-corrected chi connectivity index (χ3v) is 4.61. The Kier molecular flexibility index (Phi) is 4.66. The van der Waals surface area contributed by atoms with Crippen LogP contribution in [0.25, 0.3) is 0 Å². The summed E-state index contributed by atoms with van der Waals surface area (Å²) in [6.07, 6.45) is 4.04. The monoisotopic (exact) mass is 316 g/mol. The first-order valence-corrected chi connectivity index (χ1v) is 8.31. The van der Waals surface area contributed by atoms with Crippen molar-refractivity contribution < 1.29 is 4.39 Å². The molecule has 1 unspecified atom stereocenters. The highest BCUT2D eigenvalue weighted by molar-refractivity contribution is 5.53. The summed E-state index contributed by atoms with van der Waals surface area (Å²) >= 11 is 0. The van der Waals surface area contributed by atoms with Gasteiger partial charge in [0, 0.05) is 36.7 Å². The Morgan fingerprint density at radius 1 is 1.30 bits per heavy atom. The molecule has 0 saturated carbocycles. The van der Waals surface area contributed by atoms with Crippen LogP contribution in [0.1, 0.15) is 42.9 Å². The summed E-state index contributed by atoms with van der Waals surface area (Å²) in [4.78, 5) is 10.0. The van der Waals surface area contributed by atoms with Crippen molar-refractivity contribution >= 4 is 5.69 Å². The number of hydrogen-bond acceptors (Lipinski definition) is 3. The van der Waals surface area contributed by atoms with Crippen LogP contribution in [0.2, 0.25) is 0 Å². The number of benzene rings is 1. The van der Waals surface area contributed by atoms with Gasteiger partial charge >= 0.3 is 0 Å². The zero-order valence-corrected chi connectivity index (χ0v) is 14.1. The maximum Gasteiger partial charge on any atom is 0.123 e. The van der Waals surface area contributed by atoms with Crippen molar-refractivity contribution in [2.45, 2.75) is 45.7 Å². The average Bonchev–Trinajstić information content (AvgIpc) is 2.95. The molecule has 1 atom stereocenters. The predicted molar refractivity (Wildman–Crippen MR) is 91.2 cm³/mol. The minimum atomic E-state index is -0.162. The first-order chi connectivity index (χ1) is 11.0. The van der Waals surface area contributed by atoms with E-state index in [0.717, 1.165) is 48.7 Å². The molecule has 2 aromatic rings. The van der Waals surface area contributed by atoms with Crippen LogP contribution in [-0.2, 0) is 0 Å². The number of hydrogen-bond donors (Lipinski definition) is 2. The molecule has 124 valence electrons. The van der Waals surface area contributed by atoms with E-state index in [4.69, 9.17) is 0 Å². The molecule has 1 aromatic carbocycles. The van der Waals surface area contributed by atoms with Crippen LogP contribution in [0.3, 0.4) is 0 Å². The Hall–Kier alpha value is -1.88. The number of H-pyrrole nitrogens is 1. The lowest BCUT2D eigenvalue weighted by Crippen LogP contribution is -2.43. The summed E-state index contributed by atoms with van der Waals surface area (Å²) in [6, 6.07) is 5.78. The number of piperidine rings is 1. The van der Waals surface area contributed by atoms with E-state index in [1.807, 2.05) is 26.1 Å². The average molecular weight is 316 g/mol. The van der Waals surface area contributed by atoms with E-state index in [-0.39, 0.29) is 11.9 Å². The number of halogens is 1. The Morgan fingerprint density at radius 2 is 2.04 bits per heavy atom. The molecule has 0 aliphatic carbocycles. The zero-order valence-electron chi connectivity index (χ0n) is 14.1. The molecule has 2 heterocycles. The van der Waals surface area contributed by atoms with Crippen molar-refractivity contribution in [1.29, 1.82) is 0 Å². The summed E-state index contributed by atoms with van der Waals surface area (Å²) < 4.78 is 13.2. The van der Waals surface area contributed by atoms with Crippen molar-refractivity contribution in [2.24, 2.45) is 0 Å². The standard InChI is InChI=1S/C18H25FN4/c1-12-10-15(19)4-5-17(12)23-8-6-16(7-9-23)22-14(3)18-20-11-13(2)21-18/h4-5,10-11,14,16,22H,6-9H2,1-3H3,(H,20,21). The fourth-order valence-electron chi connectivity index (χ4n) is 3.35. The van der Waals surface area contributed by atoms with Gasteiger partial charge in [0.05, 0.1) is 6.04 Å². The molecule has 0 amide bonds. The van der Waals surface area contributed by atoms with Crippen molar-refractivity contribution in [1.82, 2.24) is 15.3 Å². The van der Waals surface area contributed by atoms with Gasteiger partial charge in [-0.1, -0.05) is 0 Å². The number of aromatic nitrogens is 2. The van der Waals surface area contributed by atoms with E-state index in [2.05, 4.69) is 27.1 Å². The molecule has 0 spiro atoms. The largest absolute Gasteiger partial charge is 0.371 e. The van der Waals surface area contributed by atoms with Crippen LogP contribution >= 0.6 is 0 Å². The fourth-order valence-corrected chi connectivity index (χ4v) is 3.35. The second-order valence-electron chi connectivity index (χ2n) is 6.53. The number of rotatable bonds is 4. The number of aryl methyl sites for hydroxylation is 2. The van der Waals surface area contributed by atoms with Crippen molar-refractivity contribution in [2.75, 3.05) is 18.0 Å². The van der Waals surface area contributed by atoms with Gasteiger partial charge in [-0.3, -0.25) is 0 Å². The van der Waals surface area contributed by atoms with Crippen LogP contribution in [-0.4, -0.2) is 29.1 Å². The van der Waals surface area contributed by atoms with E-state index >= 15 is 0 Å². The number of aromatic amines is 1. The predicted octanol–water partition coefficient (Wildman–Crippen LogP) is 3.49. The Labute approximate surface area is 137 Å². The van der Waals surface area contributed by atoms with E-state index in [0.29, 0.717) is 6.04 Å². The first kappa shape index (κ1) is 16.0. The maximum absolute atomic E-state index is 13.2. The zero-order chi connectivity index (χ0) is 16.4. The normalized spacial score (nSPS) is 17.5. The lowest BCUT2D eigenvalue weighted by molar-refractivity contribution is 0.374. The van der Waals surface area contributed by atoms with E-state index < -0.39 is 0 Å². The van der Waals surface area contributed by atoms with E-state index in [9.17, 15) is 4.39 Å². The number of nitrogens with zero attached hydrogens (tertiary/aromatic N) is 2. The third kappa shape index (κ3) is 3.72. The SMILES string of the molecule is Cc1cnc(C(C)NC2CCN(c3ccc(F)cc3C)CC2)[nH]1. The highest BCUT2D eigenvalue weighted by Gasteiger charge is 2.22. The van der Waals surface area contributed by atoms with Gasteiger partial charge < -0.3 is 15.2 Å². The van der Waals surface area contributed by atoms with Crippen LogP contribution in [0.5, 0.6) is 0 Å². The second-order valence-corrected chi connectivity index (χ2v) is 6.53. The number of imidazole rings is 1. The summed E-state index contributed by atoms with van der Waals surface area (Å²) in [6.45, 7) is 8.13. The topological polar surface area (TPSA) is 44.0 Å². The Balaban J connectivity index is 1.56. The lowest BCUT2D eigenvalue weighted by Gasteiger charge is -2.35. The lowest BCUT2D eigenvalue weighted by atomic mass is 10.0. The number of nitrogens with one attached hydrogen (secondary N) is 2. The molecular formula is C18H25FN4. The molecule has 0 radical (unpaired) electrons. The highest BCUT2D eigenvalue weighted by atomic mass is 19.1. The van der Waals surface area contributed by atoms with Crippen molar-refractivity contribution in [3.05, 3.63) is 47.3 Å². The molecule has 2 N–H and O–H groups in total.